The van der Waals surface area contributed by atoms with Crippen molar-refractivity contribution in [2.45, 2.75) is 335 Å². The Labute approximate surface area is 465 Å². The zero-order valence-corrected chi connectivity index (χ0v) is 49.5. The zero-order chi connectivity index (χ0) is 51.1. The summed E-state index contributed by atoms with van der Waals surface area (Å²) in [6.07, 6.45) is 69.8. The molecular formula is C70H116N2Ni. The van der Waals surface area contributed by atoms with Crippen LogP contribution >= 0.6 is 0 Å². The van der Waals surface area contributed by atoms with E-state index in [1.54, 1.807) is 0 Å². The molecule has 0 aromatic heterocycles. The second kappa shape index (κ2) is 55.6. The van der Waals surface area contributed by atoms with Gasteiger partial charge in [0.25, 0.3) is 0 Å². The number of aliphatic imine (C=N–C) groups is 2. The Balaban J connectivity index is 0.0000266. The molecule has 0 radical (unpaired) electrons. The average Bonchev–Trinajstić information content (AvgIpc) is 3.40. The largest absolute Gasteiger partial charge is 0.255 e. The van der Waals surface area contributed by atoms with Crippen LogP contribution in [0.1, 0.15) is 347 Å². The first kappa shape index (κ1) is 68.4. The van der Waals surface area contributed by atoms with E-state index < -0.39 is 0 Å². The van der Waals surface area contributed by atoms with Gasteiger partial charge in [-0.25, -0.2) is 0 Å². The molecule has 0 amide bonds. The molecule has 2 aromatic carbocycles. The second-order valence-electron chi connectivity index (χ2n) is 22.0. The molecule has 416 valence electrons. The number of nitrogens with zero attached hydrogens (tertiary/aromatic N) is 2. The van der Waals surface area contributed by atoms with Gasteiger partial charge in [0, 0.05) is 46.7 Å². The van der Waals surface area contributed by atoms with Crippen molar-refractivity contribution in [1.82, 2.24) is 0 Å². The fraction of sp³-hybridized carbons (Fsp3) is 0.743. The molecule has 0 spiro atoms. The van der Waals surface area contributed by atoms with Gasteiger partial charge in [0.15, 0.2) is 0 Å². The van der Waals surface area contributed by atoms with E-state index in [2.05, 4.69) is 93.0 Å². The summed E-state index contributed by atoms with van der Waals surface area (Å²) in [6.45, 7) is 6.84. The normalized spacial score (nSPS) is 11.4. The Morgan fingerprint density at radius 3 is 0.836 bits per heavy atom. The van der Waals surface area contributed by atoms with Crippen LogP contribution in [0.2, 0.25) is 0 Å². The molecular weight excluding hydrogens is 927 g/mol. The maximum Gasteiger partial charge on any atom is 0.0634 e. The molecule has 0 fully saturated rings. The van der Waals surface area contributed by atoms with E-state index >= 15 is 0 Å². The summed E-state index contributed by atoms with van der Waals surface area (Å²) in [6, 6.07) is 16.8. The quantitative estimate of drug-likeness (QED) is 0.0273. The van der Waals surface area contributed by atoms with Gasteiger partial charge < -0.3 is 0 Å². The molecule has 2 nitrogen and oxygen atoms in total. The Hall–Kier alpha value is -2.61. The Bertz CT molecular complexity index is 1630. The molecule has 0 bridgehead atoms. The van der Waals surface area contributed by atoms with E-state index in [4.69, 9.17) is 9.98 Å². The number of hydrogen-bond acceptors (Lipinski definition) is 2. The van der Waals surface area contributed by atoms with Crippen molar-refractivity contribution in [2.75, 3.05) is 0 Å². The van der Waals surface area contributed by atoms with E-state index in [9.17, 15) is 0 Å². The maximum absolute atomic E-state index is 4.98. The molecule has 0 unspecified atom stereocenters. The van der Waals surface area contributed by atoms with Gasteiger partial charge in [0.05, 0.1) is 17.1 Å². The Morgan fingerprint density at radius 2 is 0.562 bits per heavy atom. The summed E-state index contributed by atoms with van der Waals surface area (Å²) >= 11 is 0. The van der Waals surface area contributed by atoms with Crippen molar-refractivity contribution >= 4 is 23.3 Å². The van der Waals surface area contributed by atoms with Gasteiger partial charge in [-0.2, -0.15) is 0 Å². The number of rotatable bonds is 50. The molecule has 2 rings (SSSR count). The minimum absolute atomic E-state index is 0. The van der Waals surface area contributed by atoms with Gasteiger partial charge in [0.2, 0.25) is 0 Å². The molecule has 73 heavy (non-hydrogen) atoms. The minimum Gasteiger partial charge on any atom is -0.255 e. The first-order valence-electron chi connectivity index (χ1n) is 32.0. The molecule has 0 aliphatic heterocycles. The number of hydrogen-bond donors (Lipinski definition) is 0. The van der Waals surface area contributed by atoms with Gasteiger partial charge in [-0.3, -0.25) is 9.98 Å². The van der Waals surface area contributed by atoms with Crippen molar-refractivity contribution in [3.63, 3.8) is 0 Å². The van der Waals surface area contributed by atoms with E-state index in [1.165, 1.54) is 283 Å². The predicted octanol–water partition coefficient (Wildman–Crippen LogP) is 24.0. The molecule has 0 atom stereocenters. The molecule has 0 heterocycles. The van der Waals surface area contributed by atoms with Crippen LogP contribution in [-0.4, -0.2) is 11.9 Å². The third-order valence-electron chi connectivity index (χ3n) is 14.9. The topological polar surface area (TPSA) is 24.7 Å². The maximum atomic E-state index is 4.98. The summed E-state index contributed by atoms with van der Waals surface area (Å²) in [7, 11) is 0. The van der Waals surface area contributed by atoms with Crippen LogP contribution in [-0.2, 0) is 16.5 Å². The average molecular weight is 1040 g/mol. The fourth-order valence-electron chi connectivity index (χ4n) is 10.0. The monoisotopic (exact) mass is 1040 g/mol. The smallest absolute Gasteiger partial charge is 0.0634 e. The van der Waals surface area contributed by atoms with Crippen molar-refractivity contribution in [1.29, 1.82) is 0 Å². The summed E-state index contributed by atoms with van der Waals surface area (Å²) in [4.78, 5) is 9.79. The molecule has 0 N–H and O–H groups in total. The van der Waals surface area contributed by atoms with Gasteiger partial charge in [0.1, 0.15) is 0 Å². The van der Waals surface area contributed by atoms with Crippen LogP contribution in [0.5, 0.6) is 0 Å². The molecule has 3 heteroatoms. The summed E-state index contributed by atoms with van der Waals surface area (Å²) in [5.74, 6) is 13.6. The van der Waals surface area contributed by atoms with Crippen molar-refractivity contribution in [3.8, 4) is 23.7 Å². The minimum atomic E-state index is 0. The van der Waals surface area contributed by atoms with E-state index in [-0.39, 0.29) is 16.5 Å². The Morgan fingerprint density at radius 1 is 0.315 bits per heavy atom. The summed E-state index contributed by atoms with van der Waals surface area (Å²) < 4.78 is 0. The summed E-state index contributed by atoms with van der Waals surface area (Å²) in [5, 5.41) is 0. The van der Waals surface area contributed by atoms with Gasteiger partial charge in [-0.1, -0.05) is 321 Å². The van der Waals surface area contributed by atoms with Crippen LogP contribution in [0.4, 0.5) is 11.4 Å². The van der Waals surface area contributed by atoms with Crippen LogP contribution < -0.4 is 0 Å². The Kier molecular flexibility index (Phi) is 52.1. The zero-order valence-electron chi connectivity index (χ0n) is 48.6. The second-order valence-corrected chi connectivity index (χ2v) is 22.0. The fourth-order valence-corrected chi connectivity index (χ4v) is 10.0. The van der Waals surface area contributed by atoms with Crippen molar-refractivity contribution in [2.24, 2.45) is 9.98 Å². The van der Waals surface area contributed by atoms with Gasteiger partial charge in [-0.05, 0) is 74.2 Å². The van der Waals surface area contributed by atoms with Crippen molar-refractivity contribution in [3.05, 3.63) is 59.7 Å². The van der Waals surface area contributed by atoms with Crippen LogP contribution in [0.3, 0.4) is 0 Å². The SMILES string of the molecule is CCCCCCCCCCCCCCCCCCCCCCCCC#Cc1ccc(N=CC(CCCC)=Nc2ccc(C#CCCCCCCCCCCCCCCCCCCCCCCCC)cc2)cc1.[Ni]. The van der Waals surface area contributed by atoms with E-state index in [1.807, 2.05) is 6.21 Å². The van der Waals surface area contributed by atoms with Gasteiger partial charge >= 0.3 is 0 Å². The summed E-state index contributed by atoms with van der Waals surface area (Å²) in [5.41, 5.74) is 5.08. The van der Waals surface area contributed by atoms with Gasteiger partial charge in [-0.15, -0.1) is 0 Å². The standard InChI is InChI=1S/C70H116N2.Ni/c1-4-7-10-12-14-16-18-20-22-24-26-28-30-32-34-36-38-40-42-44-46-48-50-52-54-66-57-61-68(62-58-66)71-65-70(56-9-6-3)72-69-63-59-67(60-64-69)55-53-51-49-47-45-43-41-39-37-35-33-31-29-27-25-23-21-19-17-15-13-11-8-5-2;/h57-65H,4-51,56H2,1-3H3;. The first-order valence-corrected chi connectivity index (χ1v) is 32.0. The molecule has 0 aliphatic rings. The van der Waals surface area contributed by atoms with E-state index in [0.29, 0.717) is 0 Å². The van der Waals surface area contributed by atoms with E-state index in [0.717, 1.165) is 60.3 Å². The molecule has 0 saturated carbocycles. The molecule has 0 aliphatic carbocycles. The van der Waals surface area contributed by atoms with Crippen LogP contribution in [0.15, 0.2) is 58.5 Å². The third-order valence-corrected chi connectivity index (χ3v) is 14.9. The first-order chi connectivity index (χ1) is 35.7. The van der Waals surface area contributed by atoms with Crippen LogP contribution in [0, 0.1) is 23.7 Å². The predicted molar refractivity (Wildman–Crippen MR) is 325 cm³/mol. The van der Waals surface area contributed by atoms with Crippen molar-refractivity contribution < 1.29 is 16.5 Å². The molecule has 0 saturated heterocycles. The number of benzene rings is 2. The number of unbranched alkanes of at least 4 members (excludes halogenated alkanes) is 45. The third kappa shape index (κ3) is 46.4. The molecule has 2 aromatic rings. The van der Waals surface area contributed by atoms with Crippen LogP contribution in [0.25, 0.3) is 0 Å².